The topological polar surface area (TPSA) is 32.3 Å². The molecule has 0 spiro atoms. The van der Waals surface area contributed by atoms with Crippen molar-refractivity contribution in [3.05, 3.63) is 88.6 Å². The maximum absolute atomic E-state index is 15.0. The number of nitrogens with one attached hydrogen (secondary N) is 1. The molecule has 0 radical (unpaired) electrons. The Balaban J connectivity index is 1.52. The Morgan fingerprint density at radius 2 is 2.00 bits per heavy atom. The lowest BCUT2D eigenvalue weighted by Crippen LogP contribution is -2.41. The highest BCUT2D eigenvalue weighted by Crippen LogP contribution is 2.47. The van der Waals surface area contributed by atoms with Crippen LogP contribution in [-0.4, -0.2) is 17.7 Å². The largest absolute Gasteiger partial charge is 0.359 e. The molecule has 7 heteroatoms. The van der Waals surface area contributed by atoms with E-state index in [1.165, 1.54) is 15.9 Å². The zero-order chi connectivity index (χ0) is 24.5. The molecule has 2 aromatic rings. The van der Waals surface area contributed by atoms with Crippen LogP contribution in [0, 0.1) is 0 Å². The van der Waals surface area contributed by atoms with Gasteiger partial charge in [0.2, 0.25) is 0 Å². The summed E-state index contributed by atoms with van der Waals surface area (Å²) in [4.78, 5) is 15.2. The fraction of sp³-hybridized carbons (Fsp3) is 0.296. The number of carbonyl (C=O) groups excluding carboxylic acids is 1. The fourth-order valence-corrected chi connectivity index (χ4v) is 5.29. The second-order valence-corrected chi connectivity index (χ2v) is 10.3. The Labute approximate surface area is 208 Å². The molecule has 1 aliphatic carbocycles. The molecular weight excluding hydrogens is 474 g/mol. The number of carbonyl (C=O) groups is 1. The van der Waals surface area contributed by atoms with Crippen LogP contribution in [0.4, 0.5) is 20.2 Å². The summed E-state index contributed by atoms with van der Waals surface area (Å²) in [6.07, 6.45) is 5.63. The van der Waals surface area contributed by atoms with E-state index in [0.717, 1.165) is 23.3 Å². The first-order valence-corrected chi connectivity index (χ1v) is 12.7. The minimum absolute atomic E-state index is 0.231. The zero-order valence-electron chi connectivity index (χ0n) is 19.2. The van der Waals surface area contributed by atoms with E-state index in [0.29, 0.717) is 29.3 Å². The van der Waals surface area contributed by atoms with Gasteiger partial charge in [-0.2, -0.15) is 8.78 Å². The number of alkyl halides is 2. The molecule has 2 aliphatic rings. The van der Waals surface area contributed by atoms with E-state index in [4.69, 9.17) is 11.6 Å². The van der Waals surface area contributed by atoms with Gasteiger partial charge >= 0.3 is 11.8 Å². The van der Waals surface area contributed by atoms with Gasteiger partial charge in [0.05, 0.1) is 17.3 Å². The van der Waals surface area contributed by atoms with E-state index in [-0.39, 0.29) is 11.3 Å². The van der Waals surface area contributed by atoms with Crippen molar-refractivity contribution in [1.82, 2.24) is 0 Å². The van der Waals surface area contributed by atoms with Gasteiger partial charge in [-0.25, -0.2) is 0 Å². The minimum Gasteiger partial charge on any atom is -0.359 e. The monoisotopic (exact) mass is 500 g/mol. The van der Waals surface area contributed by atoms with Crippen molar-refractivity contribution < 1.29 is 13.6 Å². The van der Waals surface area contributed by atoms with Crippen molar-refractivity contribution in [3.8, 4) is 0 Å². The van der Waals surface area contributed by atoms with Crippen LogP contribution in [0.3, 0.4) is 0 Å². The number of hydrogen-bond donors (Lipinski definition) is 1. The highest BCUT2D eigenvalue weighted by molar-refractivity contribution is 7.99. The average Bonchev–Trinajstić information content (AvgIpc) is 3.00. The van der Waals surface area contributed by atoms with Gasteiger partial charge in [-0.1, -0.05) is 43.3 Å². The first-order chi connectivity index (χ1) is 16.2. The first-order valence-electron chi connectivity index (χ1n) is 11.3. The Kier molecular flexibility index (Phi) is 7.20. The predicted octanol–water partition coefficient (Wildman–Crippen LogP) is 7.64. The van der Waals surface area contributed by atoms with Gasteiger partial charge in [0.15, 0.2) is 0 Å². The lowest BCUT2D eigenvalue weighted by atomic mass is 9.97. The Hall–Kier alpha value is -2.57. The molecule has 2 aromatic carbocycles. The van der Waals surface area contributed by atoms with Gasteiger partial charge in [-0.3, -0.25) is 9.69 Å². The number of rotatable bonds is 8. The minimum atomic E-state index is -3.59. The molecule has 1 N–H and O–H groups in total. The van der Waals surface area contributed by atoms with Crippen molar-refractivity contribution in [1.29, 1.82) is 0 Å². The van der Waals surface area contributed by atoms with E-state index < -0.39 is 17.9 Å². The molecule has 1 atom stereocenters. The molecule has 1 unspecified atom stereocenters. The molecule has 0 saturated heterocycles. The third kappa shape index (κ3) is 4.93. The summed E-state index contributed by atoms with van der Waals surface area (Å²) < 4.78 is 30.1. The lowest BCUT2D eigenvalue weighted by molar-refractivity contribution is -0.141. The van der Waals surface area contributed by atoms with Crippen LogP contribution in [0.5, 0.6) is 0 Å². The SMILES string of the molecule is C=C(Cc1ccc(SCC)cc1)Nc1ccc2c(c1)C(F)(F)C(=O)N2C(C)C1=CC(Cl)=CCC1. The van der Waals surface area contributed by atoms with Gasteiger partial charge in [0, 0.05) is 27.7 Å². The van der Waals surface area contributed by atoms with Crippen LogP contribution in [0.25, 0.3) is 0 Å². The Morgan fingerprint density at radius 1 is 1.26 bits per heavy atom. The standard InChI is InChI=1S/C27H27ClF2N2OS/c1-4-34-23-11-8-19(9-12-23)14-17(2)31-22-10-13-25-24(16-22)27(29,30)26(33)32(25)18(3)20-6-5-7-21(28)15-20/h7-13,15-16,18,31H,2,4-6,14H2,1,3H3. The number of amides is 1. The number of thioether (sulfide) groups is 1. The first kappa shape index (κ1) is 24.6. The third-order valence-electron chi connectivity index (χ3n) is 6.07. The van der Waals surface area contributed by atoms with Crippen molar-refractivity contribution in [2.24, 2.45) is 0 Å². The zero-order valence-corrected chi connectivity index (χ0v) is 20.8. The molecule has 4 rings (SSSR count). The maximum atomic E-state index is 15.0. The normalized spacial score (nSPS) is 17.7. The summed E-state index contributed by atoms with van der Waals surface area (Å²) in [6.45, 7) is 7.93. The summed E-state index contributed by atoms with van der Waals surface area (Å²) in [7, 11) is 0. The highest BCUT2D eigenvalue weighted by Gasteiger charge is 2.54. The van der Waals surface area contributed by atoms with Crippen molar-refractivity contribution >= 4 is 40.6 Å². The third-order valence-corrected chi connectivity index (χ3v) is 7.23. The smallest absolute Gasteiger partial charge is 0.352 e. The number of hydrogen-bond acceptors (Lipinski definition) is 3. The summed E-state index contributed by atoms with van der Waals surface area (Å²) in [6, 6.07) is 12.4. The molecule has 0 saturated carbocycles. The number of benzene rings is 2. The number of halogens is 3. The van der Waals surface area contributed by atoms with Gasteiger partial charge in [-0.05, 0) is 73.1 Å². The molecule has 1 heterocycles. The second kappa shape index (κ2) is 9.96. The van der Waals surface area contributed by atoms with Crippen molar-refractivity contribution in [3.63, 3.8) is 0 Å². The molecule has 34 heavy (non-hydrogen) atoms. The maximum Gasteiger partial charge on any atom is 0.352 e. The van der Waals surface area contributed by atoms with Crippen LogP contribution in [-0.2, 0) is 17.1 Å². The number of fused-ring (bicyclic) bond motifs is 1. The lowest BCUT2D eigenvalue weighted by Gasteiger charge is -2.28. The van der Waals surface area contributed by atoms with Crippen LogP contribution in [0.2, 0.25) is 0 Å². The highest BCUT2D eigenvalue weighted by atomic mass is 35.5. The summed E-state index contributed by atoms with van der Waals surface area (Å²) in [5, 5.41) is 3.70. The molecule has 0 aromatic heterocycles. The number of anilines is 2. The number of allylic oxidation sites excluding steroid dienone is 4. The van der Waals surface area contributed by atoms with E-state index in [1.807, 2.05) is 18.2 Å². The van der Waals surface area contributed by atoms with E-state index >= 15 is 8.78 Å². The van der Waals surface area contributed by atoms with Crippen LogP contribution >= 0.6 is 23.4 Å². The van der Waals surface area contributed by atoms with Crippen molar-refractivity contribution in [2.45, 2.75) is 50.0 Å². The van der Waals surface area contributed by atoms with Crippen LogP contribution in [0.1, 0.15) is 37.8 Å². The van der Waals surface area contributed by atoms with Crippen LogP contribution in [0.15, 0.2) is 82.4 Å². The van der Waals surface area contributed by atoms with E-state index in [1.54, 1.807) is 36.9 Å². The summed E-state index contributed by atoms with van der Waals surface area (Å²) >= 11 is 7.89. The van der Waals surface area contributed by atoms with E-state index in [2.05, 4.69) is 31.0 Å². The second-order valence-electron chi connectivity index (χ2n) is 8.49. The molecule has 1 amide bonds. The quantitative estimate of drug-likeness (QED) is 0.378. The molecule has 3 nitrogen and oxygen atoms in total. The van der Waals surface area contributed by atoms with Gasteiger partial charge in [0.1, 0.15) is 0 Å². The van der Waals surface area contributed by atoms with E-state index in [9.17, 15) is 4.79 Å². The molecule has 1 aliphatic heterocycles. The Bertz CT molecular complexity index is 1170. The van der Waals surface area contributed by atoms with Gasteiger partial charge in [-0.15, -0.1) is 11.8 Å². The van der Waals surface area contributed by atoms with Crippen LogP contribution < -0.4 is 10.2 Å². The number of nitrogens with zero attached hydrogens (tertiary/aromatic N) is 1. The molecule has 178 valence electrons. The predicted molar refractivity (Wildman–Crippen MR) is 138 cm³/mol. The average molecular weight is 501 g/mol. The molecule has 0 bridgehead atoms. The van der Waals surface area contributed by atoms with Gasteiger partial charge < -0.3 is 5.32 Å². The molecular formula is C27H27ClF2N2OS. The molecule has 0 fully saturated rings. The fourth-order valence-electron chi connectivity index (χ4n) is 4.38. The van der Waals surface area contributed by atoms with Gasteiger partial charge in [0.25, 0.3) is 0 Å². The Morgan fingerprint density at radius 3 is 2.68 bits per heavy atom. The summed E-state index contributed by atoms with van der Waals surface area (Å²) in [5.74, 6) is -3.79. The van der Waals surface area contributed by atoms with Crippen molar-refractivity contribution in [2.75, 3.05) is 16.0 Å². The summed E-state index contributed by atoms with van der Waals surface area (Å²) in [5.41, 5.74) is 3.04.